The zero-order valence-electron chi connectivity index (χ0n) is 23.5. The first-order valence-corrected chi connectivity index (χ1v) is 15.9. The van der Waals surface area contributed by atoms with Crippen LogP contribution in [0.5, 0.6) is 0 Å². The molecule has 0 radical (unpaired) electrons. The number of carbonyl (C=O) groups excluding carboxylic acids is 2. The van der Waals surface area contributed by atoms with E-state index in [4.69, 9.17) is 34.8 Å². The molecule has 4 aromatic carbocycles. The number of halogens is 3. The molecule has 0 aliphatic carbocycles. The minimum absolute atomic E-state index is 0.000957. The Morgan fingerprint density at radius 2 is 1.42 bits per heavy atom. The molecule has 0 aliphatic rings. The number of nitrogens with zero attached hydrogens (tertiary/aromatic N) is 2. The summed E-state index contributed by atoms with van der Waals surface area (Å²) >= 11 is 18.8. The van der Waals surface area contributed by atoms with Gasteiger partial charge >= 0.3 is 0 Å². The molecule has 0 heterocycles. The lowest BCUT2D eigenvalue weighted by molar-refractivity contribution is -0.139. The Bertz CT molecular complexity index is 1680. The summed E-state index contributed by atoms with van der Waals surface area (Å²) in [5, 5.41) is 3.51. The number of nitrogens with one attached hydrogen (secondary N) is 1. The average molecular weight is 659 g/mol. The number of likely N-dealkylation sites (N-methyl/N-ethyl adjacent to an activating group) is 1. The summed E-state index contributed by atoms with van der Waals surface area (Å²) in [6.45, 7) is 1.21. The van der Waals surface area contributed by atoms with Gasteiger partial charge in [-0.05, 0) is 60.5 Å². The molecule has 0 fully saturated rings. The van der Waals surface area contributed by atoms with Crippen molar-refractivity contribution in [3.05, 3.63) is 129 Å². The minimum Gasteiger partial charge on any atom is -0.357 e. The summed E-state index contributed by atoms with van der Waals surface area (Å²) in [7, 11) is -2.79. The third kappa shape index (κ3) is 8.30. The van der Waals surface area contributed by atoms with Gasteiger partial charge in [-0.25, -0.2) is 8.42 Å². The van der Waals surface area contributed by atoms with Gasteiger partial charge in [0.15, 0.2) is 0 Å². The van der Waals surface area contributed by atoms with Crippen molar-refractivity contribution in [3.8, 4) is 0 Å². The van der Waals surface area contributed by atoms with E-state index in [1.165, 1.54) is 42.3 Å². The highest BCUT2D eigenvalue weighted by atomic mass is 35.5. The Morgan fingerprint density at radius 3 is 2.02 bits per heavy atom. The summed E-state index contributed by atoms with van der Waals surface area (Å²) in [4.78, 5) is 29.0. The van der Waals surface area contributed by atoms with Gasteiger partial charge < -0.3 is 10.2 Å². The number of amides is 2. The number of sulfonamides is 1. The zero-order valence-corrected chi connectivity index (χ0v) is 26.6. The standard InChI is InChI=1S/C32H30Cl3N3O4S/c1-22-11-13-29(14-12-22)43(41,42)38(28-18-26(34)17-27(35)19-28)21-31(39)37(20-24-9-6-10-25(33)15-24)30(32(40)36-2)16-23-7-4-3-5-8-23/h3-15,17-19,30H,16,20-21H2,1-2H3,(H,36,40)/t30-/m0/s1. The molecular weight excluding hydrogens is 629 g/mol. The van der Waals surface area contributed by atoms with Crippen LogP contribution in [0.15, 0.2) is 102 Å². The molecule has 1 atom stereocenters. The Morgan fingerprint density at radius 1 is 0.791 bits per heavy atom. The molecule has 7 nitrogen and oxygen atoms in total. The van der Waals surface area contributed by atoms with Gasteiger partial charge in [0.1, 0.15) is 12.6 Å². The van der Waals surface area contributed by atoms with Gasteiger partial charge in [-0.1, -0.05) is 95.0 Å². The molecule has 0 unspecified atom stereocenters. The third-order valence-corrected chi connectivity index (χ3v) is 9.24. The fraction of sp³-hybridized carbons (Fsp3) is 0.188. The van der Waals surface area contributed by atoms with Crippen molar-refractivity contribution >= 4 is 62.3 Å². The van der Waals surface area contributed by atoms with Crippen LogP contribution in [0.3, 0.4) is 0 Å². The number of benzene rings is 4. The SMILES string of the molecule is CNC(=O)[C@H](Cc1ccccc1)N(Cc1cccc(Cl)c1)C(=O)CN(c1cc(Cl)cc(Cl)c1)S(=O)(=O)c1ccc(C)cc1. The molecule has 2 amide bonds. The quantitative estimate of drug-likeness (QED) is 0.198. The van der Waals surface area contributed by atoms with Gasteiger partial charge in [0, 0.05) is 35.1 Å². The molecule has 0 aromatic heterocycles. The molecular formula is C32H30Cl3N3O4S. The topological polar surface area (TPSA) is 86.8 Å². The third-order valence-electron chi connectivity index (χ3n) is 6.78. The van der Waals surface area contributed by atoms with E-state index in [9.17, 15) is 18.0 Å². The normalized spacial score (nSPS) is 11.9. The van der Waals surface area contributed by atoms with Crippen molar-refractivity contribution in [3.63, 3.8) is 0 Å². The van der Waals surface area contributed by atoms with Crippen LogP contribution in [0.1, 0.15) is 16.7 Å². The van der Waals surface area contributed by atoms with E-state index >= 15 is 0 Å². The number of rotatable bonds is 11. The van der Waals surface area contributed by atoms with Crippen LogP contribution >= 0.6 is 34.8 Å². The number of anilines is 1. The maximum Gasteiger partial charge on any atom is 0.264 e. The van der Waals surface area contributed by atoms with Gasteiger partial charge in [-0.15, -0.1) is 0 Å². The molecule has 0 bridgehead atoms. The maximum atomic E-state index is 14.3. The highest BCUT2D eigenvalue weighted by Crippen LogP contribution is 2.30. The Balaban J connectivity index is 1.81. The van der Waals surface area contributed by atoms with Gasteiger partial charge in [-0.2, -0.15) is 0 Å². The lowest BCUT2D eigenvalue weighted by Gasteiger charge is -2.33. The largest absolute Gasteiger partial charge is 0.357 e. The predicted molar refractivity (Wildman–Crippen MR) is 172 cm³/mol. The smallest absolute Gasteiger partial charge is 0.264 e. The van der Waals surface area contributed by atoms with Gasteiger partial charge in [-0.3, -0.25) is 13.9 Å². The molecule has 0 saturated carbocycles. The minimum atomic E-state index is -4.28. The highest BCUT2D eigenvalue weighted by molar-refractivity contribution is 7.92. The zero-order chi connectivity index (χ0) is 31.1. The van der Waals surface area contributed by atoms with Crippen molar-refractivity contribution in [1.82, 2.24) is 10.2 Å². The first kappa shape index (κ1) is 32.4. The average Bonchev–Trinajstić information content (AvgIpc) is 2.97. The Labute approximate surface area is 267 Å². The molecule has 0 aliphatic heterocycles. The maximum absolute atomic E-state index is 14.3. The van der Waals surface area contributed by atoms with Gasteiger partial charge in [0.05, 0.1) is 10.6 Å². The fourth-order valence-corrected chi connectivity index (χ4v) is 6.73. The van der Waals surface area contributed by atoms with E-state index in [0.29, 0.717) is 10.6 Å². The van der Waals surface area contributed by atoms with Crippen molar-refractivity contribution in [2.45, 2.75) is 30.8 Å². The van der Waals surface area contributed by atoms with Crippen LogP contribution < -0.4 is 9.62 Å². The molecule has 0 spiro atoms. The Hall–Kier alpha value is -3.56. The van der Waals surface area contributed by atoms with E-state index in [0.717, 1.165) is 15.4 Å². The highest BCUT2D eigenvalue weighted by Gasteiger charge is 2.34. The van der Waals surface area contributed by atoms with Crippen LogP contribution in [-0.2, 0) is 32.6 Å². The Kier molecular flexibility index (Phi) is 10.7. The summed E-state index contributed by atoms with van der Waals surface area (Å²) in [5.41, 5.74) is 2.47. The van der Waals surface area contributed by atoms with Crippen LogP contribution in [0.2, 0.25) is 15.1 Å². The summed E-state index contributed by atoms with van der Waals surface area (Å²) in [6.07, 6.45) is 0.195. The van der Waals surface area contributed by atoms with Crippen LogP contribution in [0.4, 0.5) is 5.69 Å². The molecule has 1 N–H and O–H groups in total. The number of aryl methyl sites for hydroxylation is 1. The molecule has 4 aromatic rings. The lowest BCUT2D eigenvalue weighted by atomic mass is 10.0. The number of hydrogen-bond acceptors (Lipinski definition) is 4. The number of carbonyl (C=O) groups is 2. The van der Waals surface area contributed by atoms with E-state index in [1.54, 1.807) is 36.4 Å². The van der Waals surface area contributed by atoms with Crippen molar-refractivity contribution in [2.75, 3.05) is 17.9 Å². The van der Waals surface area contributed by atoms with Gasteiger partial charge in [0.25, 0.3) is 10.0 Å². The molecule has 11 heteroatoms. The first-order valence-electron chi connectivity index (χ1n) is 13.3. The van der Waals surface area contributed by atoms with E-state index in [-0.39, 0.29) is 33.6 Å². The molecule has 43 heavy (non-hydrogen) atoms. The lowest BCUT2D eigenvalue weighted by Crippen LogP contribution is -2.53. The summed E-state index contributed by atoms with van der Waals surface area (Å²) in [5.74, 6) is -1.02. The fourth-order valence-electron chi connectivity index (χ4n) is 4.60. The van der Waals surface area contributed by atoms with Crippen molar-refractivity contribution < 1.29 is 18.0 Å². The van der Waals surface area contributed by atoms with E-state index in [1.807, 2.05) is 37.3 Å². The molecule has 224 valence electrons. The summed E-state index contributed by atoms with van der Waals surface area (Å²) < 4.78 is 29.1. The van der Waals surface area contributed by atoms with Crippen molar-refractivity contribution in [2.24, 2.45) is 0 Å². The second-order valence-corrected chi connectivity index (χ2v) is 13.1. The van der Waals surface area contributed by atoms with E-state index < -0.39 is 34.4 Å². The molecule has 4 rings (SSSR count). The molecule has 0 saturated heterocycles. The monoisotopic (exact) mass is 657 g/mol. The second-order valence-electron chi connectivity index (χ2n) is 9.92. The van der Waals surface area contributed by atoms with Crippen LogP contribution in [0.25, 0.3) is 0 Å². The van der Waals surface area contributed by atoms with Crippen LogP contribution in [0, 0.1) is 6.92 Å². The number of hydrogen-bond donors (Lipinski definition) is 1. The first-order chi connectivity index (χ1) is 20.5. The summed E-state index contributed by atoms with van der Waals surface area (Å²) in [6, 6.07) is 25.8. The second kappa shape index (κ2) is 14.3. The van der Waals surface area contributed by atoms with Gasteiger partial charge in [0.2, 0.25) is 11.8 Å². The predicted octanol–water partition coefficient (Wildman–Crippen LogP) is 6.54. The van der Waals surface area contributed by atoms with Crippen molar-refractivity contribution in [1.29, 1.82) is 0 Å². The van der Waals surface area contributed by atoms with E-state index in [2.05, 4.69) is 5.32 Å². The van der Waals surface area contributed by atoms with Crippen LogP contribution in [-0.4, -0.2) is 44.8 Å².